The summed E-state index contributed by atoms with van der Waals surface area (Å²) < 4.78 is 2.02. The smallest absolute Gasteiger partial charge is 0.147 e. The maximum atomic E-state index is 4.47. The van der Waals surface area contributed by atoms with E-state index in [-0.39, 0.29) is 0 Å². The Balaban J connectivity index is 1.66. The second-order valence-corrected chi connectivity index (χ2v) is 5.50. The molecule has 0 aliphatic carbocycles. The number of fused-ring (bicyclic) bond motifs is 2. The highest BCUT2D eigenvalue weighted by Crippen LogP contribution is 2.26. The molecule has 0 saturated heterocycles. The minimum absolute atomic E-state index is 0.367. The van der Waals surface area contributed by atoms with Gasteiger partial charge < -0.3 is 9.88 Å². The fourth-order valence-corrected chi connectivity index (χ4v) is 3.05. The first-order chi connectivity index (χ1) is 10.2. The SMILES string of the molecule is Cc1nc2n(n1)CC(N(C)c1ncnc3[nH]ccc13)CC2. The molecule has 0 bridgehead atoms. The molecule has 1 aliphatic heterocycles. The molecule has 0 radical (unpaired) electrons. The molecule has 1 N–H and O–H groups in total. The lowest BCUT2D eigenvalue weighted by Gasteiger charge is -2.32. The average Bonchev–Trinajstić information content (AvgIpc) is 3.09. The van der Waals surface area contributed by atoms with Crippen LogP contribution in [0, 0.1) is 6.92 Å². The molecule has 1 aliphatic rings. The Hall–Kier alpha value is -2.44. The molecule has 4 rings (SSSR count). The van der Waals surface area contributed by atoms with Gasteiger partial charge in [-0.05, 0) is 19.4 Å². The molecular weight excluding hydrogens is 266 g/mol. The summed E-state index contributed by atoms with van der Waals surface area (Å²) in [5.41, 5.74) is 0.875. The van der Waals surface area contributed by atoms with Crippen LogP contribution in [0.5, 0.6) is 0 Å². The largest absolute Gasteiger partial charge is 0.354 e. The van der Waals surface area contributed by atoms with Gasteiger partial charge >= 0.3 is 0 Å². The lowest BCUT2D eigenvalue weighted by molar-refractivity contribution is 0.407. The molecule has 3 aromatic heterocycles. The zero-order chi connectivity index (χ0) is 14.4. The Kier molecular flexibility index (Phi) is 2.66. The summed E-state index contributed by atoms with van der Waals surface area (Å²) in [6, 6.07) is 2.39. The standard InChI is InChI=1S/C14H17N7/c1-9-18-12-4-3-10(7-21(12)19-9)20(2)14-11-5-6-15-13(11)16-8-17-14/h5-6,8,10H,3-4,7H2,1-2H3,(H,15,16,17). The van der Waals surface area contributed by atoms with Crippen molar-refractivity contribution in [2.45, 2.75) is 32.4 Å². The number of aromatic amines is 1. The Morgan fingerprint density at radius 1 is 1.38 bits per heavy atom. The number of nitrogens with zero attached hydrogens (tertiary/aromatic N) is 6. The quantitative estimate of drug-likeness (QED) is 0.767. The second kappa shape index (κ2) is 4.54. The summed E-state index contributed by atoms with van der Waals surface area (Å²) in [6.45, 7) is 2.79. The van der Waals surface area contributed by atoms with Gasteiger partial charge in [0.25, 0.3) is 0 Å². The maximum Gasteiger partial charge on any atom is 0.147 e. The van der Waals surface area contributed by atoms with E-state index >= 15 is 0 Å². The van der Waals surface area contributed by atoms with E-state index in [4.69, 9.17) is 0 Å². The normalized spacial score (nSPS) is 17.9. The van der Waals surface area contributed by atoms with Crippen LogP contribution in [0.3, 0.4) is 0 Å². The minimum atomic E-state index is 0.367. The fraction of sp³-hybridized carbons (Fsp3) is 0.429. The van der Waals surface area contributed by atoms with Crippen LogP contribution in [0.1, 0.15) is 18.1 Å². The molecule has 1 unspecified atom stereocenters. The number of H-pyrrole nitrogens is 1. The van der Waals surface area contributed by atoms with Crippen molar-refractivity contribution in [1.29, 1.82) is 0 Å². The van der Waals surface area contributed by atoms with Crippen LogP contribution >= 0.6 is 0 Å². The number of aromatic nitrogens is 6. The van der Waals surface area contributed by atoms with Crippen LogP contribution in [-0.2, 0) is 13.0 Å². The Labute approximate surface area is 122 Å². The highest BCUT2D eigenvalue weighted by Gasteiger charge is 2.25. The fourth-order valence-electron chi connectivity index (χ4n) is 3.05. The highest BCUT2D eigenvalue weighted by molar-refractivity contribution is 5.87. The number of hydrogen-bond donors (Lipinski definition) is 1. The van der Waals surface area contributed by atoms with E-state index in [1.807, 2.05) is 23.9 Å². The molecule has 4 heterocycles. The molecule has 7 heteroatoms. The molecule has 1 atom stereocenters. The van der Waals surface area contributed by atoms with Gasteiger partial charge in [0, 0.05) is 19.7 Å². The Morgan fingerprint density at radius 2 is 2.29 bits per heavy atom. The Morgan fingerprint density at radius 3 is 3.19 bits per heavy atom. The monoisotopic (exact) mass is 283 g/mol. The van der Waals surface area contributed by atoms with Gasteiger partial charge in [-0.15, -0.1) is 0 Å². The third kappa shape index (κ3) is 1.96. The maximum absolute atomic E-state index is 4.47. The number of likely N-dealkylation sites (N-methyl/N-ethyl adjacent to an activating group) is 1. The van der Waals surface area contributed by atoms with Crippen LogP contribution in [0.4, 0.5) is 5.82 Å². The summed E-state index contributed by atoms with van der Waals surface area (Å²) in [6.07, 6.45) is 5.52. The van der Waals surface area contributed by atoms with Crippen molar-refractivity contribution < 1.29 is 0 Å². The zero-order valence-corrected chi connectivity index (χ0v) is 12.1. The number of nitrogens with one attached hydrogen (secondary N) is 1. The van der Waals surface area contributed by atoms with Crippen molar-refractivity contribution >= 4 is 16.9 Å². The van der Waals surface area contributed by atoms with Gasteiger partial charge in [-0.25, -0.2) is 19.6 Å². The predicted octanol–water partition coefficient (Wildman–Crippen LogP) is 1.31. The second-order valence-electron chi connectivity index (χ2n) is 5.50. The van der Waals surface area contributed by atoms with E-state index in [0.717, 1.165) is 47.9 Å². The minimum Gasteiger partial charge on any atom is -0.354 e. The van der Waals surface area contributed by atoms with Gasteiger partial charge in [0.15, 0.2) is 0 Å². The molecule has 0 spiro atoms. The molecule has 0 fully saturated rings. The first-order valence-electron chi connectivity index (χ1n) is 7.13. The summed E-state index contributed by atoms with van der Waals surface area (Å²) in [4.78, 5) is 18.5. The van der Waals surface area contributed by atoms with Crippen molar-refractivity contribution in [2.75, 3.05) is 11.9 Å². The molecule has 0 saturated carbocycles. The zero-order valence-electron chi connectivity index (χ0n) is 12.1. The van der Waals surface area contributed by atoms with Crippen molar-refractivity contribution in [3.8, 4) is 0 Å². The van der Waals surface area contributed by atoms with Crippen LogP contribution in [-0.4, -0.2) is 42.8 Å². The number of anilines is 1. The van der Waals surface area contributed by atoms with Gasteiger partial charge in [-0.2, -0.15) is 5.10 Å². The van der Waals surface area contributed by atoms with Gasteiger partial charge in [0.05, 0.1) is 18.0 Å². The first-order valence-corrected chi connectivity index (χ1v) is 7.13. The van der Waals surface area contributed by atoms with Crippen LogP contribution in [0.15, 0.2) is 18.6 Å². The average molecular weight is 283 g/mol. The van der Waals surface area contributed by atoms with E-state index in [9.17, 15) is 0 Å². The summed E-state index contributed by atoms with van der Waals surface area (Å²) >= 11 is 0. The van der Waals surface area contributed by atoms with E-state index in [1.165, 1.54) is 0 Å². The van der Waals surface area contributed by atoms with Crippen molar-refractivity contribution in [1.82, 2.24) is 29.7 Å². The molecular formula is C14H17N7. The van der Waals surface area contributed by atoms with E-state index in [1.54, 1.807) is 6.33 Å². The lowest BCUT2D eigenvalue weighted by atomic mass is 10.1. The van der Waals surface area contributed by atoms with Crippen LogP contribution < -0.4 is 4.90 Å². The molecule has 0 aromatic carbocycles. The molecule has 108 valence electrons. The lowest BCUT2D eigenvalue weighted by Crippen LogP contribution is -2.40. The van der Waals surface area contributed by atoms with Crippen LogP contribution in [0.25, 0.3) is 11.0 Å². The molecule has 3 aromatic rings. The van der Waals surface area contributed by atoms with Crippen molar-refractivity contribution in [3.05, 3.63) is 30.2 Å². The van der Waals surface area contributed by atoms with E-state index in [0.29, 0.717) is 6.04 Å². The van der Waals surface area contributed by atoms with Gasteiger partial charge in [-0.3, -0.25) is 0 Å². The van der Waals surface area contributed by atoms with Gasteiger partial charge in [-0.1, -0.05) is 0 Å². The summed E-state index contributed by atoms with van der Waals surface area (Å²) in [5, 5.41) is 5.53. The predicted molar refractivity (Wildman–Crippen MR) is 79.2 cm³/mol. The van der Waals surface area contributed by atoms with Crippen molar-refractivity contribution in [2.24, 2.45) is 0 Å². The van der Waals surface area contributed by atoms with E-state index in [2.05, 4.69) is 37.0 Å². The summed E-state index contributed by atoms with van der Waals surface area (Å²) in [7, 11) is 2.09. The van der Waals surface area contributed by atoms with Gasteiger partial charge in [0.2, 0.25) is 0 Å². The van der Waals surface area contributed by atoms with Crippen LogP contribution in [0.2, 0.25) is 0 Å². The topological polar surface area (TPSA) is 75.5 Å². The molecule has 7 nitrogen and oxygen atoms in total. The number of aryl methyl sites for hydroxylation is 2. The Bertz CT molecular complexity index is 788. The van der Waals surface area contributed by atoms with E-state index < -0.39 is 0 Å². The molecule has 0 amide bonds. The van der Waals surface area contributed by atoms with Gasteiger partial charge in [0.1, 0.15) is 29.4 Å². The first kappa shape index (κ1) is 12.3. The third-order valence-electron chi connectivity index (χ3n) is 4.15. The molecule has 21 heavy (non-hydrogen) atoms. The third-order valence-corrected chi connectivity index (χ3v) is 4.15. The van der Waals surface area contributed by atoms with Crippen molar-refractivity contribution in [3.63, 3.8) is 0 Å². The number of rotatable bonds is 2. The number of hydrogen-bond acceptors (Lipinski definition) is 5. The highest BCUT2D eigenvalue weighted by atomic mass is 15.4. The summed E-state index contributed by atoms with van der Waals surface area (Å²) in [5.74, 6) is 2.90.